The van der Waals surface area contributed by atoms with Crippen LogP contribution in [0.2, 0.25) is 0 Å². The molecule has 0 bridgehead atoms. The molecule has 19 heavy (non-hydrogen) atoms. The molecule has 1 heterocycles. The van der Waals surface area contributed by atoms with E-state index in [9.17, 15) is 13.2 Å². The fourth-order valence-electron chi connectivity index (χ4n) is 1.65. The maximum absolute atomic E-state index is 12.8. The van der Waals surface area contributed by atoms with Crippen LogP contribution in [0.4, 0.5) is 13.2 Å². The molecule has 1 aromatic heterocycles. The summed E-state index contributed by atoms with van der Waals surface area (Å²) in [6.07, 6.45) is -4.12. The Labute approximate surface area is 107 Å². The van der Waals surface area contributed by atoms with Crippen LogP contribution in [0.5, 0.6) is 0 Å². The Hall–Kier alpha value is -1.89. The molecule has 0 radical (unpaired) electrons. The first-order valence-electron chi connectivity index (χ1n) is 5.62. The van der Waals surface area contributed by atoms with Crippen molar-refractivity contribution < 1.29 is 17.7 Å². The Kier molecular flexibility index (Phi) is 3.57. The van der Waals surface area contributed by atoms with E-state index in [1.165, 1.54) is 18.2 Å². The number of halogens is 3. The zero-order valence-electron chi connectivity index (χ0n) is 10.1. The van der Waals surface area contributed by atoms with E-state index in [0.29, 0.717) is 12.2 Å². The van der Waals surface area contributed by atoms with Gasteiger partial charge in [-0.1, -0.05) is 17.3 Å². The molecule has 1 unspecified atom stereocenters. The lowest BCUT2D eigenvalue weighted by Gasteiger charge is -2.09. The first-order chi connectivity index (χ1) is 8.88. The quantitative estimate of drug-likeness (QED) is 0.932. The number of nitrogens with two attached hydrogens (primary N) is 1. The van der Waals surface area contributed by atoms with E-state index in [-0.39, 0.29) is 17.5 Å². The Morgan fingerprint density at radius 1 is 1.32 bits per heavy atom. The second-order valence-corrected chi connectivity index (χ2v) is 4.24. The van der Waals surface area contributed by atoms with Gasteiger partial charge in [0, 0.05) is 12.5 Å². The van der Waals surface area contributed by atoms with E-state index in [1.54, 1.807) is 6.92 Å². The summed E-state index contributed by atoms with van der Waals surface area (Å²) in [6, 6.07) is 4.88. The Balaban J connectivity index is 2.39. The number of alkyl halides is 3. The van der Waals surface area contributed by atoms with E-state index >= 15 is 0 Å². The summed E-state index contributed by atoms with van der Waals surface area (Å²) in [5.74, 6) is 0.144. The first-order valence-corrected chi connectivity index (χ1v) is 5.62. The standard InChI is InChI=1S/C12H12F3N3O/c1-7(16)6-10-17-11(19-18-10)8-4-2-3-5-9(8)12(13,14)15/h2-5,7H,6,16H2,1H3. The molecule has 0 spiro atoms. The van der Waals surface area contributed by atoms with Crippen LogP contribution in [-0.4, -0.2) is 16.2 Å². The molecular weight excluding hydrogens is 259 g/mol. The molecule has 102 valence electrons. The van der Waals surface area contributed by atoms with Crippen molar-refractivity contribution >= 4 is 0 Å². The Morgan fingerprint density at radius 2 is 2.00 bits per heavy atom. The van der Waals surface area contributed by atoms with Crippen molar-refractivity contribution in [3.05, 3.63) is 35.7 Å². The van der Waals surface area contributed by atoms with Gasteiger partial charge in [-0.05, 0) is 19.1 Å². The number of aromatic nitrogens is 2. The average molecular weight is 271 g/mol. The molecule has 0 saturated carbocycles. The van der Waals surface area contributed by atoms with Crippen molar-refractivity contribution in [1.29, 1.82) is 0 Å². The monoisotopic (exact) mass is 271 g/mol. The largest absolute Gasteiger partial charge is 0.417 e. The lowest BCUT2D eigenvalue weighted by molar-refractivity contribution is -0.137. The molecular formula is C12H12F3N3O. The summed E-state index contributed by atoms with van der Waals surface area (Å²) >= 11 is 0. The van der Waals surface area contributed by atoms with Crippen LogP contribution < -0.4 is 5.73 Å². The van der Waals surface area contributed by atoms with Crippen LogP contribution in [0.25, 0.3) is 11.5 Å². The van der Waals surface area contributed by atoms with Crippen LogP contribution in [0.15, 0.2) is 28.8 Å². The summed E-state index contributed by atoms with van der Waals surface area (Å²) in [6.45, 7) is 1.75. The van der Waals surface area contributed by atoms with Crippen LogP contribution in [0.3, 0.4) is 0 Å². The zero-order valence-corrected chi connectivity index (χ0v) is 10.1. The van der Waals surface area contributed by atoms with Crippen molar-refractivity contribution in [2.75, 3.05) is 0 Å². The smallest absolute Gasteiger partial charge is 0.334 e. The third kappa shape index (κ3) is 3.11. The predicted molar refractivity (Wildman–Crippen MR) is 62.1 cm³/mol. The molecule has 0 fully saturated rings. The summed E-state index contributed by atoms with van der Waals surface area (Å²) in [5.41, 5.74) is 4.64. The van der Waals surface area contributed by atoms with Gasteiger partial charge in [0.15, 0.2) is 5.82 Å². The first kappa shape index (κ1) is 13.5. The highest BCUT2D eigenvalue weighted by Gasteiger charge is 2.34. The van der Waals surface area contributed by atoms with Crippen molar-refractivity contribution in [1.82, 2.24) is 10.1 Å². The highest BCUT2D eigenvalue weighted by Crippen LogP contribution is 2.36. The fraction of sp³-hybridized carbons (Fsp3) is 0.333. The van der Waals surface area contributed by atoms with Gasteiger partial charge in [-0.2, -0.15) is 18.2 Å². The number of hydrogen-bond donors (Lipinski definition) is 1. The third-order valence-electron chi connectivity index (χ3n) is 2.44. The Bertz CT molecular complexity index is 563. The topological polar surface area (TPSA) is 64.9 Å². The van der Waals surface area contributed by atoms with Crippen LogP contribution >= 0.6 is 0 Å². The molecule has 0 aliphatic carbocycles. The highest BCUT2D eigenvalue weighted by molar-refractivity contribution is 5.59. The molecule has 0 aliphatic rings. The van der Waals surface area contributed by atoms with Crippen molar-refractivity contribution in [2.24, 2.45) is 5.73 Å². The molecule has 2 rings (SSSR count). The van der Waals surface area contributed by atoms with E-state index in [0.717, 1.165) is 6.07 Å². The van der Waals surface area contributed by atoms with Gasteiger partial charge in [-0.25, -0.2) is 0 Å². The van der Waals surface area contributed by atoms with Gasteiger partial charge in [-0.15, -0.1) is 0 Å². The fourth-order valence-corrected chi connectivity index (χ4v) is 1.65. The normalized spacial score (nSPS) is 13.5. The maximum Gasteiger partial charge on any atom is 0.417 e. The third-order valence-corrected chi connectivity index (χ3v) is 2.44. The van der Waals surface area contributed by atoms with E-state index in [2.05, 4.69) is 10.1 Å². The van der Waals surface area contributed by atoms with Gasteiger partial charge in [0.1, 0.15) is 0 Å². The average Bonchev–Trinajstić information content (AvgIpc) is 2.75. The molecule has 4 nitrogen and oxygen atoms in total. The summed E-state index contributed by atoms with van der Waals surface area (Å²) < 4.78 is 43.4. The molecule has 7 heteroatoms. The summed E-state index contributed by atoms with van der Waals surface area (Å²) in [5, 5.41) is 3.62. The number of rotatable bonds is 3. The van der Waals surface area contributed by atoms with Crippen molar-refractivity contribution in [2.45, 2.75) is 25.6 Å². The number of hydrogen-bond acceptors (Lipinski definition) is 4. The second-order valence-electron chi connectivity index (χ2n) is 4.24. The highest BCUT2D eigenvalue weighted by atomic mass is 19.4. The SMILES string of the molecule is CC(N)Cc1noc(-c2ccccc2C(F)(F)F)n1. The predicted octanol–water partition coefficient (Wildman–Crippen LogP) is 2.65. The minimum absolute atomic E-state index is 0.126. The minimum Gasteiger partial charge on any atom is -0.334 e. The molecule has 1 aromatic carbocycles. The second kappa shape index (κ2) is 5.00. The lowest BCUT2D eigenvalue weighted by Crippen LogP contribution is -2.18. The van der Waals surface area contributed by atoms with Gasteiger partial charge < -0.3 is 10.3 Å². The zero-order chi connectivity index (χ0) is 14.0. The van der Waals surface area contributed by atoms with Crippen LogP contribution in [0, 0.1) is 0 Å². The van der Waals surface area contributed by atoms with Gasteiger partial charge in [0.05, 0.1) is 11.1 Å². The maximum atomic E-state index is 12.8. The molecule has 2 N–H and O–H groups in total. The van der Waals surface area contributed by atoms with E-state index in [1.807, 2.05) is 0 Å². The van der Waals surface area contributed by atoms with Crippen molar-refractivity contribution in [3.8, 4) is 11.5 Å². The van der Waals surface area contributed by atoms with Crippen LogP contribution in [-0.2, 0) is 12.6 Å². The number of nitrogens with zero attached hydrogens (tertiary/aromatic N) is 2. The molecule has 1 atom stereocenters. The lowest BCUT2D eigenvalue weighted by atomic mass is 10.1. The van der Waals surface area contributed by atoms with E-state index < -0.39 is 11.7 Å². The summed E-state index contributed by atoms with van der Waals surface area (Å²) in [4.78, 5) is 3.94. The molecule has 0 amide bonds. The number of benzene rings is 1. The van der Waals surface area contributed by atoms with Gasteiger partial charge in [0.25, 0.3) is 5.89 Å². The van der Waals surface area contributed by atoms with Gasteiger partial charge in [-0.3, -0.25) is 0 Å². The van der Waals surface area contributed by atoms with Gasteiger partial charge >= 0.3 is 6.18 Å². The Morgan fingerprint density at radius 3 is 2.63 bits per heavy atom. The van der Waals surface area contributed by atoms with E-state index in [4.69, 9.17) is 10.3 Å². The minimum atomic E-state index is -4.47. The van der Waals surface area contributed by atoms with Crippen molar-refractivity contribution in [3.63, 3.8) is 0 Å². The molecule has 0 aliphatic heterocycles. The van der Waals surface area contributed by atoms with Gasteiger partial charge in [0.2, 0.25) is 0 Å². The van der Waals surface area contributed by atoms with Crippen LogP contribution in [0.1, 0.15) is 18.3 Å². The summed E-state index contributed by atoms with van der Waals surface area (Å²) in [7, 11) is 0. The molecule has 2 aromatic rings. The molecule has 0 saturated heterocycles.